The first-order valence-corrected chi connectivity index (χ1v) is 9.31. The molecule has 0 bridgehead atoms. The largest absolute Gasteiger partial charge is 0.350 e. The maximum atomic E-state index is 12.5. The minimum Gasteiger partial charge on any atom is -0.350 e. The van der Waals surface area contributed by atoms with Crippen molar-refractivity contribution in [3.8, 4) is 0 Å². The van der Waals surface area contributed by atoms with Crippen molar-refractivity contribution in [2.45, 2.75) is 24.4 Å². The van der Waals surface area contributed by atoms with E-state index in [4.69, 9.17) is 0 Å². The van der Waals surface area contributed by atoms with E-state index in [1.165, 1.54) is 22.9 Å². The van der Waals surface area contributed by atoms with E-state index in [1.807, 2.05) is 26.4 Å². The Bertz CT molecular complexity index is 671. The fraction of sp³-hybridized carbons (Fsp3) is 0.368. The second-order valence-corrected chi connectivity index (χ2v) is 6.64. The number of hydrogen-bond acceptors (Lipinski definition) is 4. The summed E-state index contributed by atoms with van der Waals surface area (Å²) in [5.74, 6) is -0.0792. The number of thioether (sulfide) groups is 1. The van der Waals surface area contributed by atoms with Crippen LogP contribution in [0.3, 0.4) is 0 Å². The van der Waals surface area contributed by atoms with Crippen LogP contribution in [0.2, 0.25) is 0 Å². The van der Waals surface area contributed by atoms with Crippen molar-refractivity contribution < 1.29 is 4.79 Å². The monoisotopic (exact) mass is 343 g/mol. The van der Waals surface area contributed by atoms with E-state index in [0.29, 0.717) is 12.1 Å². The number of carbonyl (C=O) groups excluding carboxylic acids is 1. The summed E-state index contributed by atoms with van der Waals surface area (Å²) < 4.78 is 0. The zero-order valence-corrected chi connectivity index (χ0v) is 15.6. The SMILES string of the molecule is CCc1ccc([C@H](CNC(=O)c2cccnc2SC)N(C)C)cc1. The molecule has 0 aliphatic heterocycles. The molecule has 0 saturated carbocycles. The Hall–Kier alpha value is -1.85. The van der Waals surface area contributed by atoms with E-state index in [0.717, 1.165) is 11.4 Å². The maximum Gasteiger partial charge on any atom is 0.254 e. The van der Waals surface area contributed by atoms with Gasteiger partial charge in [0, 0.05) is 12.7 Å². The number of benzene rings is 1. The first-order valence-electron chi connectivity index (χ1n) is 8.09. The quantitative estimate of drug-likeness (QED) is 0.783. The molecule has 24 heavy (non-hydrogen) atoms. The van der Waals surface area contributed by atoms with Crippen molar-refractivity contribution in [2.24, 2.45) is 0 Å². The molecule has 0 aliphatic rings. The number of aromatic nitrogens is 1. The number of pyridine rings is 1. The predicted molar refractivity (Wildman–Crippen MR) is 101 cm³/mol. The van der Waals surface area contributed by atoms with Crippen LogP contribution in [-0.2, 0) is 6.42 Å². The number of nitrogens with zero attached hydrogens (tertiary/aromatic N) is 2. The number of nitrogens with one attached hydrogen (secondary N) is 1. The van der Waals surface area contributed by atoms with Gasteiger partial charge in [-0.3, -0.25) is 4.79 Å². The molecule has 5 heteroatoms. The van der Waals surface area contributed by atoms with Crippen molar-refractivity contribution in [2.75, 3.05) is 26.9 Å². The van der Waals surface area contributed by atoms with Gasteiger partial charge in [0.1, 0.15) is 5.03 Å². The fourth-order valence-electron chi connectivity index (χ4n) is 2.58. The van der Waals surface area contributed by atoms with E-state index in [-0.39, 0.29) is 11.9 Å². The van der Waals surface area contributed by atoms with Crippen LogP contribution >= 0.6 is 11.8 Å². The summed E-state index contributed by atoms with van der Waals surface area (Å²) >= 11 is 1.48. The molecule has 0 spiro atoms. The summed E-state index contributed by atoms with van der Waals surface area (Å²) in [6, 6.07) is 12.3. The van der Waals surface area contributed by atoms with Gasteiger partial charge in [-0.1, -0.05) is 31.2 Å². The van der Waals surface area contributed by atoms with Gasteiger partial charge in [-0.05, 0) is 50.0 Å². The first kappa shape index (κ1) is 18.5. The predicted octanol–water partition coefficient (Wildman–Crippen LogP) is 3.40. The average Bonchev–Trinajstić information content (AvgIpc) is 2.61. The van der Waals surface area contributed by atoms with Gasteiger partial charge < -0.3 is 10.2 Å². The second-order valence-electron chi connectivity index (χ2n) is 5.84. The second kappa shape index (κ2) is 8.85. The van der Waals surface area contributed by atoms with E-state index in [2.05, 4.69) is 46.4 Å². The highest BCUT2D eigenvalue weighted by Gasteiger charge is 2.17. The van der Waals surface area contributed by atoms with Crippen molar-refractivity contribution in [1.82, 2.24) is 15.2 Å². The van der Waals surface area contributed by atoms with Gasteiger partial charge in [-0.15, -0.1) is 11.8 Å². The molecule has 0 aliphatic carbocycles. The molecule has 1 aromatic carbocycles. The van der Waals surface area contributed by atoms with E-state index < -0.39 is 0 Å². The molecule has 1 heterocycles. The van der Waals surface area contributed by atoms with Crippen molar-refractivity contribution >= 4 is 17.7 Å². The third-order valence-electron chi connectivity index (χ3n) is 4.06. The van der Waals surface area contributed by atoms with Crippen LogP contribution in [0, 0.1) is 0 Å². The summed E-state index contributed by atoms with van der Waals surface area (Å²) in [6.45, 7) is 2.70. The summed E-state index contributed by atoms with van der Waals surface area (Å²) in [4.78, 5) is 18.9. The fourth-order valence-corrected chi connectivity index (χ4v) is 3.13. The average molecular weight is 343 g/mol. The summed E-state index contributed by atoms with van der Waals surface area (Å²) in [5.41, 5.74) is 3.15. The molecule has 0 saturated heterocycles. The number of likely N-dealkylation sites (N-methyl/N-ethyl adjacent to an activating group) is 1. The van der Waals surface area contributed by atoms with Crippen LogP contribution in [0.15, 0.2) is 47.6 Å². The van der Waals surface area contributed by atoms with Gasteiger partial charge in [-0.25, -0.2) is 4.98 Å². The summed E-state index contributed by atoms with van der Waals surface area (Å²) in [5, 5.41) is 3.80. The highest BCUT2D eigenvalue weighted by Crippen LogP contribution is 2.20. The first-order chi connectivity index (χ1) is 11.6. The lowest BCUT2D eigenvalue weighted by Crippen LogP contribution is -2.34. The normalized spacial score (nSPS) is 12.2. The molecule has 1 aromatic heterocycles. The van der Waals surface area contributed by atoms with Crippen LogP contribution in [-0.4, -0.2) is 42.7 Å². The van der Waals surface area contributed by atoms with Crippen molar-refractivity contribution in [1.29, 1.82) is 0 Å². The zero-order chi connectivity index (χ0) is 17.5. The minimum atomic E-state index is -0.0792. The lowest BCUT2D eigenvalue weighted by Gasteiger charge is -2.25. The molecule has 128 valence electrons. The molecule has 1 amide bonds. The molecular formula is C19H25N3OS. The summed E-state index contributed by atoms with van der Waals surface area (Å²) in [7, 11) is 4.06. The zero-order valence-electron chi connectivity index (χ0n) is 14.7. The van der Waals surface area contributed by atoms with Crippen molar-refractivity contribution in [3.63, 3.8) is 0 Å². The van der Waals surface area contributed by atoms with E-state index in [1.54, 1.807) is 12.3 Å². The van der Waals surface area contributed by atoms with Crippen LogP contribution in [0.5, 0.6) is 0 Å². The Morgan fingerprint density at radius 1 is 1.25 bits per heavy atom. The van der Waals surface area contributed by atoms with Crippen LogP contribution in [0.1, 0.15) is 34.5 Å². The molecule has 0 radical (unpaired) electrons. The molecule has 1 atom stereocenters. The van der Waals surface area contributed by atoms with E-state index >= 15 is 0 Å². The third kappa shape index (κ3) is 4.58. The van der Waals surface area contributed by atoms with Crippen LogP contribution in [0.4, 0.5) is 0 Å². The number of amides is 1. The van der Waals surface area contributed by atoms with Crippen LogP contribution < -0.4 is 5.32 Å². The molecule has 1 N–H and O–H groups in total. The number of rotatable bonds is 7. The number of hydrogen-bond donors (Lipinski definition) is 1. The van der Waals surface area contributed by atoms with Gasteiger partial charge in [0.25, 0.3) is 5.91 Å². The van der Waals surface area contributed by atoms with Gasteiger partial charge >= 0.3 is 0 Å². The summed E-state index contributed by atoms with van der Waals surface area (Å²) in [6.07, 6.45) is 4.67. The van der Waals surface area contributed by atoms with Crippen LogP contribution in [0.25, 0.3) is 0 Å². The topological polar surface area (TPSA) is 45.2 Å². The highest BCUT2D eigenvalue weighted by atomic mass is 32.2. The Labute approximate surface area is 148 Å². The molecule has 4 nitrogen and oxygen atoms in total. The highest BCUT2D eigenvalue weighted by molar-refractivity contribution is 7.98. The molecular weight excluding hydrogens is 318 g/mol. The lowest BCUT2D eigenvalue weighted by atomic mass is 10.0. The Morgan fingerprint density at radius 3 is 2.54 bits per heavy atom. The molecule has 2 rings (SSSR count). The number of carbonyl (C=O) groups is 1. The minimum absolute atomic E-state index is 0.0792. The van der Waals surface area contributed by atoms with Gasteiger partial charge in [0.15, 0.2) is 0 Å². The molecule has 2 aromatic rings. The molecule has 0 unspecified atom stereocenters. The standard InChI is InChI=1S/C19H25N3OS/c1-5-14-8-10-15(11-9-14)17(22(2)3)13-21-18(23)16-7-6-12-20-19(16)24-4/h6-12,17H,5,13H2,1-4H3,(H,21,23)/t17-/m0/s1. The lowest BCUT2D eigenvalue weighted by molar-refractivity contribution is 0.0938. The van der Waals surface area contributed by atoms with Crippen molar-refractivity contribution in [3.05, 3.63) is 59.3 Å². The van der Waals surface area contributed by atoms with Gasteiger partial charge in [0.2, 0.25) is 0 Å². The maximum absolute atomic E-state index is 12.5. The Balaban J connectivity index is 2.09. The van der Waals surface area contributed by atoms with E-state index in [9.17, 15) is 4.79 Å². The smallest absolute Gasteiger partial charge is 0.254 e. The van der Waals surface area contributed by atoms with Gasteiger partial charge in [0.05, 0.1) is 11.6 Å². The molecule has 0 fully saturated rings. The Morgan fingerprint density at radius 2 is 1.96 bits per heavy atom. The number of aryl methyl sites for hydroxylation is 1. The Kier molecular flexibility index (Phi) is 6.82. The van der Waals surface area contributed by atoms with Gasteiger partial charge in [-0.2, -0.15) is 0 Å². The third-order valence-corrected chi connectivity index (χ3v) is 4.77.